The third-order valence-corrected chi connectivity index (χ3v) is 3.89. The van der Waals surface area contributed by atoms with Crippen molar-refractivity contribution in [2.24, 2.45) is 5.73 Å². The molecule has 0 unspecified atom stereocenters. The molecule has 1 aromatic carbocycles. The molecule has 0 aromatic heterocycles. The molecule has 0 atom stereocenters. The molecule has 6 nitrogen and oxygen atoms in total. The molecule has 2 aliphatic heterocycles. The number of carbonyl (C=O) groups is 1. The monoisotopic (exact) mass is 291 g/mol. The van der Waals surface area contributed by atoms with Crippen molar-refractivity contribution in [3.8, 4) is 11.5 Å². The molecule has 3 rings (SSSR count). The van der Waals surface area contributed by atoms with Crippen molar-refractivity contribution in [3.63, 3.8) is 0 Å². The van der Waals surface area contributed by atoms with Crippen LogP contribution in [-0.2, 0) is 4.79 Å². The lowest BCUT2D eigenvalue weighted by molar-refractivity contribution is -0.118. The number of rotatable bonds is 4. The number of anilines is 1. The lowest BCUT2D eigenvalue weighted by atomic mass is 10.1. The van der Waals surface area contributed by atoms with Crippen LogP contribution in [0.25, 0.3) is 0 Å². The Bertz CT molecular complexity index is 513. The van der Waals surface area contributed by atoms with E-state index in [9.17, 15) is 4.79 Å². The number of nitrogens with two attached hydrogens (primary N) is 1. The molecule has 21 heavy (non-hydrogen) atoms. The number of nitrogens with zero attached hydrogens (tertiary/aromatic N) is 1. The molecule has 1 aromatic rings. The third kappa shape index (κ3) is 3.65. The topological polar surface area (TPSA) is 76.8 Å². The first-order valence-electron chi connectivity index (χ1n) is 7.38. The van der Waals surface area contributed by atoms with Gasteiger partial charge in [-0.3, -0.25) is 9.69 Å². The van der Waals surface area contributed by atoms with Gasteiger partial charge in [0.25, 0.3) is 5.91 Å². The maximum Gasteiger partial charge on any atom is 0.262 e. The molecular formula is C15H21N3O3. The number of nitrogens with one attached hydrogen (secondary N) is 1. The fraction of sp³-hybridized carbons (Fsp3) is 0.533. The molecule has 1 fully saturated rings. The standard InChI is InChI=1S/C15H21N3O3/c16-11-3-5-18(6-4-11)7-8-20-12-1-2-13-14(9-12)21-10-15(19)17-13/h1-2,9,11H,3-8,10,16H2,(H,17,19). The Balaban J connectivity index is 1.48. The summed E-state index contributed by atoms with van der Waals surface area (Å²) in [5.74, 6) is 1.30. The van der Waals surface area contributed by atoms with E-state index in [0.29, 0.717) is 24.1 Å². The second-order valence-corrected chi connectivity index (χ2v) is 5.52. The largest absolute Gasteiger partial charge is 0.492 e. The average Bonchev–Trinajstić information content (AvgIpc) is 2.49. The predicted molar refractivity (Wildman–Crippen MR) is 79.7 cm³/mol. The molecule has 0 aliphatic carbocycles. The van der Waals surface area contributed by atoms with Crippen molar-refractivity contribution in [2.45, 2.75) is 18.9 Å². The lowest BCUT2D eigenvalue weighted by Crippen LogP contribution is -2.41. The number of hydrogen-bond acceptors (Lipinski definition) is 5. The molecule has 3 N–H and O–H groups in total. The number of piperidine rings is 1. The summed E-state index contributed by atoms with van der Waals surface area (Å²) in [5, 5.41) is 2.76. The lowest BCUT2D eigenvalue weighted by Gasteiger charge is -2.29. The summed E-state index contributed by atoms with van der Waals surface area (Å²) >= 11 is 0. The summed E-state index contributed by atoms with van der Waals surface area (Å²) in [5.41, 5.74) is 6.59. The fourth-order valence-electron chi connectivity index (χ4n) is 2.61. The fourth-order valence-corrected chi connectivity index (χ4v) is 2.61. The minimum Gasteiger partial charge on any atom is -0.492 e. The molecule has 0 bridgehead atoms. The molecule has 0 radical (unpaired) electrons. The van der Waals surface area contributed by atoms with Crippen LogP contribution in [0.4, 0.5) is 5.69 Å². The van der Waals surface area contributed by atoms with E-state index in [1.54, 1.807) is 0 Å². The van der Waals surface area contributed by atoms with Crippen LogP contribution in [0, 0.1) is 0 Å². The summed E-state index contributed by atoms with van der Waals surface area (Å²) in [6.07, 6.45) is 2.12. The quantitative estimate of drug-likeness (QED) is 0.859. The second-order valence-electron chi connectivity index (χ2n) is 5.52. The molecule has 114 valence electrons. The number of likely N-dealkylation sites (tertiary alicyclic amines) is 1. The molecule has 0 saturated carbocycles. The van der Waals surface area contributed by atoms with Crippen molar-refractivity contribution in [1.29, 1.82) is 0 Å². The number of ether oxygens (including phenoxy) is 2. The minimum absolute atomic E-state index is 0.0600. The van der Waals surface area contributed by atoms with Crippen molar-refractivity contribution in [2.75, 3.05) is 38.2 Å². The maximum absolute atomic E-state index is 11.2. The molecule has 1 amide bonds. The SMILES string of the molecule is NC1CCN(CCOc2ccc3c(c2)OCC(=O)N3)CC1. The normalized spacial score (nSPS) is 19.6. The minimum atomic E-state index is -0.125. The zero-order valence-corrected chi connectivity index (χ0v) is 12.0. The summed E-state index contributed by atoms with van der Waals surface area (Å²) in [6.45, 7) is 3.69. The number of benzene rings is 1. The van der Waals surface area contributed by atoms with Crippen LogP contribution in [0.1, 0.15) is 12.8 Å². The first kappa shape index (κ1) is 14.2. The first-order chi connectivity index (χ1) is 10.2. The van der Waals surface area contributed by atoms with Crippen molar-refractivity contribution < 1.29 is 14.3 Å². The van der Waals surface area contributed by atoms with E-state index < -0.39 is 0 Å². The van der Waals surface area contributed by atoms with E-state index in [0.717, 1.165) is 38.2 Å². The van der Waals surface area contributed by atoms with Crippen molar-refractivity contribution in [3.05, 3.63) is 18.2 Å². The Labute approximate surface area is 124 Å². The smallest absolute Gasteiger partial charge is 0.262 e. The highest BCUT2D eigenvalue weighted by molar-refractivity contribution is 5.95. The first-order valence-corrected chi connectivity index (χ1v) is 7.38. The summed E-state index contributed by atoms with van der Waals surface area (Å²) in [7, 11) is 0. The van der Waals surface area contributed by atoms with Crippen LogP contribution in [0.5, 0.6) is 11.5 Å². The van der Waals surface area contributed by atoms with Gasteiger partial charge in [-0.25, -0.2) is 0 Å². The Morgan fingerprint density at radius 1 is 1.38 bits per heavy atom. The highest BCUT2D eigenvalue weighted by Gasteiger charge is 2.17. The van der Waals surface area contributed by atoms with Gasteiger partial charge in [0.05, 0.1) is 5.69 Å². The van der Waals surface area contributed by atoms with Gasteiger partial charge in [-0.2, -0.15) is 0 Å². The van der Waals surface area contributed by atoms with E-state index >= 15 is 0 Å². The molecule has 2 heterocycles. The molecule has 0 spiro atoms. The third-order valence-electron chi connectivity index (χ3n) is 3.89. The summed E-state index contributed by atoms with van der Waals surface area (Å²) in [6, 6.07) is 5.83. The van der Waals surface area contributed by atoms with E-state index in [1.165, 1.54) is 0 Å². The van der Waals surface area contributed by atoms with Gasteiger partial charge in [0.2, 0.25) is 0 Å². The van der Waals surface area contributed by atoms with Gasteiger partial charge in [-0.1, -0.05) is 0 Å². The molecule has 6 heteroatoms. The van der Waals surface area contributed by atoms with E-state index in [4.69, 9.17) is 15.2 Å². The predicted octanol–water partition coefficient (Wildman–Crippen LogP) is 0.819. The molecule has 1 saturated heterocycles. The summed E-state index contributed by atoms with van der Waals surface area (Å²) in [4.78, 5) is 13.6. The number of fused-ring (bicyclic) bond motifs is 1. The zero-order chi connectivity index (χ0) is 14.7. The van der Waals surface area contributed by atoms with E-state index in [-0.39, 0.29) is 12.5 Å². The van der Waals surface area contributed by atoms with E-state index in [2.05, 4.69) is 10.2 Å². The highest BCUT2D eigenvalue weighted by atomic mass is 16.5. The van der Waals surface area contributed by atoms with Gasteiger partial charge < -0.3 is 20.5 Å². The second kappa shape index (κ2) is 6.32. The van der Waals surface area contributed by atoms with Crippen LogP contribution in [0.3, 0.4) is 0 Å². The maximum atomic E-state index is 11.2. The van der Waals surface area contributed by atoms with Crippen LogP contribution >= 0.6 is 0 Å². The molecule has 2 aliphatic rings. The van der Waals surface area contributed by atoms with Crippen LogP contribution in [0.15, 0.2) is 18.2 Å². The van der Waals surface area contributed by atoms with Gasteiger partial charge in [-0.05, 0) is 38.1 Å². The van der Waals surface area contributed by atoms with Crippen LogP contribution in [-0.4, -0.2) is 49.7 Å². The number of carbonyl (C=O) groups excluding carboxylic acids is 1. The molecular weight excluding hydrogens is 270 g/mol. The van der Waals surface area contributed by atoms with Gasteiger partial charge in [0, 0.05) is 18.7 Å². The Hall–Kier alpha value is -1.79. The average molecular weight is 291 g/mol. The van der Waals surface area contributed by atoms with Gasteiger partial charge in [0.1, 0.15) is 18.1 Å². The summed E-state index contributed by atoms with van der Waals surface area (Å²) < 4.78 is 11.1. The van der Waals surface area contributed by atoms with Gasteiger partial charge >= 0.3 is 0 Å². The Morgan fingerprint density at radius 3 is 3.00 bits per heavy atom. The number of amides is 1. The highest BCUT2D eigenvalue weighted by Crippen LogP contribution is 2.31. The Morgan fingerprint density at radius 2 is 2.19 bits per heavy atom. The van der Waals surface area contributed by atoms with Crippen LogP contribution in [0.2, 0.25) is 0 Å². The van der Waals surface area contributed by atoms with E-state index in [1.807, 2.05) is 18.2 Å². The number of hydrogen-bond donors (Lipinski definition) is 2. The van der Waals surface area contributed by atoms with Crippen LogP contribution < -0.4 is 20.5 Å². The Kier molecular flexibility index (Phi) is 4.26. The van der Waals surface area contributed by atoms with Gasteiger partial charge in [-0.15, -0.1) is 0 Å². The van der Waals surface area contributed by atoms with Crippen molar-refractivity contribution in [1.82, 2.24) is 4.90 Å². The zero-order valence-electron chi connectivity index (χ0n) is 12.0. The van der Waals surface area contributed by atoms with Gasteiger partial charge in [0.15, 0.2) is 6.61 Å². The van der Waals surface area contributed by atoms with Crippen molar-refractivity contribution >= 4 is 11.6 Å².